The predicted molar refractivity (Wildman–Crippen MR) is 598 cm³/mol. The molecule has 148 heavy (non-hydrogen) atoms. The van der Waals surface area contributed by atoms with Crippen LogP contribution in [0.25, 0.3) is 234 Å². The van der Waals surface area contributed by atoms with Crippen molar-refractivity contribution in [2.45, 2.75) is 0 Å². The molecule has 0 spiro atoms. The Labute approximate surface area is 849 Å². The van der Waals surface area contributed by atoms with Gasteiger partial charge in [0, 0.05) is 117 Å². The molecule has 0 atom stereocenters. The third kappa shape index (κ3) is 15.3. The number of aromatic nitrogens is 10. The van der Waals surface area contributed by atoms with E-state index in [1.54, 1.807) is 0 Å². The van der Waals surface area contributed by atoms with Gasteiger partial charge in [-0.2, -0.15) is 0 Å². The first-order valence-electron chi connectivity index (χ1n) is 49.3. The van der Waals surface area contributed by atoms with Crippen LogP contribution in [0.2, 0.25) is 0 Å². The Kier molecular flexibility index (Phi) is 21.8. The van der Waals surface area contributed by atoms with Gasteiger partial charge in [0.2, 0.25) is 47.1 Å². The molecule has 0 amide bonds. The van der Waals surface area contributed by atoms with Crippen molar-refractivity contribution in [3.05, 3.63) is 510 Å². The number of benzene rings is 22. The smallest absolute Gasteiger partial charge is 0.248 e. The summed E-state index contributed by atoms with van der Waals surface area (Å²) in [4.78, 5) is 4.71. The SMILES string of the molecule is c1ccc(-c2nnc(-c3ccccc3-c3c4ccccc4c(-c4ccccc4-c4nnc(-c5ccccc5)o4)c4c(N(c5ccccc5)c5ccc(-n6c7ccccc7c7ccccc76)cc5)cccc34)o2)cc1.c1ccc(-c2nnc(-c3ccccc3-c3c4ccccc4c(-c4ccccc4-c4nnc(-c5ccccc5)o4)c4cc(N(c5ccccc5)c5ccc(-n6c7ccccc7c7ccccc76)cc5)ccc34)o2)cc1. The van der Waals surface area contributed by atoms with Crippen LogP contribution in [0.15, 0.2) is 527 Å². The van der Waals surface area contributed by atoms with Crippen molar-refractivity contribution < 1.29 is 17.7 Å². The highest BCUT2D eigenvalue weighted by Gasteiger charge is 2.32. The van der Waals surface area contributed by atoms with E-state index in [0.29, 0.717) is 47.1 Å². The minimum atomic E-state index is 0.426. The number of hydrogen-bond donors (Lipinski definition) is 0. The third-order valence-electron chi connectivity index (χ3n) is 27.9. The summed E-state index contributed by atoms with van der Waals surface area (Å²) in [6, 6.07) is 177. The summed E-state index contributed by atoms with van der Waals surface area (Å²) in [7, 11) is 0. The van der Waals surface area contributed by atoms with E-state index in [1.807, 2.05) is 146 Å². The van der Waals surface area contributed by atoms with Crippen LogP contribution in [0, 0.1) is 0 Å². The Bertz CT molecular complexity index is 9630. The topological polar surface area (TPSA) is 172 Å². The minimum absolute atomic E-state index is 0.426. The average molecular weight is 1900 g/mol. The van der Waals surface area contributed by atoms with E-state index in [9.17, 15) is 0 Å². The molecule has 0 N–H and O–H groups in total. The highest BCUT2D eigenvalue weighted by molar-refractivity contribution is 6.28. The van der Waals surface area contributed by atoms with Gasteiger partial charge in [0.05, 0.1) is 27.8 Å². The molecule has 0 bridgehead atoms. The lowest BCUT2D eigenvalue weighted by atomic mass is 9.83. The molecule has 28 rings (SSSR count). The van der Waals surface area contributed by atoms with Crippen LogP contribution >= 0.6 is 0 Å². The van der Waals surface area contributed by atoms with Crippen LogP contribution in [-0.2, 0) is 0 Å². The van der Waals surface area contributed by atoms with Crippen molar-refractivity contribution in [3.63, 3.8) is 0 Å². The molecule has 28 aromatic rings. The van der Waals surface area contributed by atoms with E-state index in [0.717, 1.165) is 189 Å². The van der Waals surface area contributed by atoms with Gasteiger partial charge in [-0.3, -0.25) is 0 Å². The quantitative estimate of drug-likeness (QED) is 0.0660. The fraction of sp³-hybridized carbons (Fsp3) is 0. The Morgan fingerprint density at radius 3 is 0.743 bits per heavy atom. The molecule has 0 saturated heterocycles. The molecular weight excluding hydrogens is 1820 g/mol. The summed E-state index contributed by atoms with van der Waals surface area (Å²) in [5.74, 6) is 3.56. The van der Waals surface area contributed by atoms with Gasteiger partial charge in [-0.15, -0.1) is 40.8 Å². The van der Waals surface area contributed by atoms with Crippen molar-refractivity contribution in [2.24, 2.45) is 0 Å². The maximum absolute atomic E-state index is 6.59. The zero-order valence-corrected chi connectivity index (χ0v) is 79.5. The molecular formula is C132H84N12O4. The van der Waals surface area contributed by atoms with Crippen LogP contribution in [0.5, 0.6) is 0 Å². The minimum Gasteiger partial charge on any atom is -0.416 e. The van der Waals surface area contributed by atoms with E-state index in [2.05, 4.69) is 419 Å². The van der Waals surface area contributed by atoms with E-state index in [1.165, 1.54) is 32.6 Å². The largest absolute Gasteiger partial charge is 0.416 e. The van der Waals surface area contributed by atoms with Crippen LogP contribution < -0.4 is 9.80 Å². The Morgan fingerprint density at radius 2 is 0.392 bits per heavy atom. The maximum atomic E-state index is 6.59. The van der Waals surface area contributed by atoms with Gasteiger partial charge < -0.3 is 36.6 Å². The highest BCUT2D eigenvalue weighted by Crippen LogP contribution is 2.55. The molecule has 22 aromatic carbocycles. The second-order valence-electron chi connectivity index (χ2n) is 36.4. The van der Waals surface area contributed by atoms with Crippen molar-refractivity contribution in [1.29, 1.82) is 0 Å². The third-order valence-corrected chi connectivity index (χ3v) is 27.9. The standard InChI is InChI=1S/2C66H42N6O2/c1-4-21-43(22-5-1)63-67-69-65(73-63)54-33-14-12-31-52(54)60-50-29-10-11-30-51(50)61(53-32-13-15-34-55(53)66-70-68-64(74-66)44-23-6-2-7-24-44)62-56(60)35-20-38-59(62)71(45-25-8-3-9-26-45)46-39-41-47(42-40-46)72-57-36-18-16-27-48(57)49-28-17-19-37-58(49)72;1-4-20-43(21-5-1)63-67-69-65(73-63)56-32-14-12-30-53(56)61-51-28-10-11-29-52(51)62(54-31-13-15-33-57(54)66-70-68-64(74-66)44-22-6-2-7-23-44)58-42-48(40-41-55(58)61)71(45-24-8-3-9-25-45)46-36-38-47(39-37-46)72-59-34-18-16-26-49(59)50-27-17-19-35-60(50)72/h2*1-42H. The summed E-state index contributed by atoms with van der Waals surface area (Å²) < 4.78 is 30.9. The molecule has 16 nitrogen and oxygen atoms in total. The number of anilines is 6. The normalized spacial score (nSPS) is 11.5. The summed E-state index contributed by atoms with van der Waals surface area (Å²) in [6.45, 7) is 0. The molecule has 0 fully saturated rings. The van der Waals surface area contributed by atoms with Crippen molar-refractivity contribution >= 4 is 121 Å². The molecule has 6 aromatic heterocycles. The first-order valence-corrected chi connectivity index (χ1v) is 49.3. The molecule has 0 unspecified atom stereocenters. The van der Waals surface area contributed by atoms with Gasteiger partial charge in [-0.05, 0) is 265 Å². The lowest BCUT2D eigenvalue weighted by Crippen LogP contribution is -2.11. The van der Waals surface area contributed by atoms with Gasteiger partial charge in [0.1, 0.15) is 0 Å². The highest BCUT2D eigenvalue weighted by atomic mass is 16.4. The van der Waals surface area contributed by atoms with E-state index < -0.39 is 0 Å². The maximum Gasteiger partial charge on any atom is 0.248 e. The van der Waals surface area contributed by atoms with Crippen LogP contribution in [-0.4, -0.2) is 49.9 Å². The molecule has 0 aliphatic rings. The number of fused-ring (bicyclic) bond motifs is 10. The zero-order chi connectivity index (χ0) is 97.9. The van der Waals surface area contributed by atoms with Gasteiger partial charge in [0.15, 0.2) is 0 Å². The Balaban J connectivity index is 0.000000146. The summed E-state index contributed by atoms with van der Waals surface area (Å²) in [5, 5.41) is 50.1. The van der Waals surface area contributed by atoms with E-state index in [-0.39, 0.29) is 0 Å². The lowest BCUT2D eigenvalue weighted by molar-refractivity contribution is 0.584. The number of hydrogen-bond acceptors (Lipinski definition) is 14. The van der Waals surface area contributed by atoms with Crippen molar-refractivity contribution in [1.82, 2.24) is 49.9 Å². The summed E-state index contributed by atoms with van der Waals surface area (Å²) >= 11 is 0. The fourth-order valence-corrected chi connectivity index (χ4v) is 21.5. The monoisotopic (exact) mass is 1900 g/mol. The number of nitrogens with zero attached hydrogens (tertiary/aromatic N) is 12. The van der Waals surface area contributed by atoms with E-state index in [4.69, 9.17) is 22.8 Å². The molecule has 0 radical (unpaired) electrons. The zero-order valence-electron chi connectivity index (χ0n) is 79.5. The van der Waals surface area contributed by atoms with Crippen LogP contribution in [0.3, 0.4) is 0 Å². The molecule has 0 aliphatic heterocycles. The molecule has 696 valence electrons. The lowest BCUT2D eigenvalue weighted by Gasteiger charge is -2.29. The second-order valence-corrected chi connectivity index (χ2v) is 36.4. The second kappa shape index (κ2) is 37.3. The number of rotatable bonds is 20. The Morgan fingerprint density at radius 1 is 0.155 bits per heavy atom. The van der Waals surface area contributed by atoms with Gasteiger partial charge in [0.25, 0.3) is 0 Å². The number of para-hydroxylation sites is 6. The van der Waals surface area contributed by atoms with Crippen molar-refractivity contribution in [3.8, 4) is 148 Å². The molecule has 0 aliphatic carbocycles. The molecule has 16 heteroatoms. The van der Waals surface area contributed by atoms with Gasteiger partial charge in [-0.25, -0.2) is 0 Å². The fourth-order valence-electron chi connectivity index (χ4n) is 21.5. The average Bonchev–Trinajstić information content (AvgIpc) is 0.818. The van der Waals surface area contributed by atoms with Gasteiger partial charge in [-0.1, -0.05) is 322 Å². The first kappa shape index (κ1) is 86.7. The Hall–Kier alpha value is -20.4. The van der Waals surface area contributed by atoms with Gasteiger partial charge >= 0.3 is 0 Å². The molecule has 0 saturated carbocycles. The van der Waals surface area contributed by atoms with Crippen molar-refractivity contribution in [2.75, 3.05) is 9.80 Å². The summed E-state index contributed by atoms with van der Waals surface area (Å²) in [6.07, 6.45) is 0. The first-order chi connectivity index (χ1) is 73.5. The van der Waals surface area contributed by atoms with E-state index >= 15 is 0 Å². The summed E-state index contributed by atoms with van der Waals surface area (Å²) in [5.41, 5.74) is 27.5. The predicted octanol–water partition coefficient (Wildman–Crippen LogP) is 34.7. The van der Waals surface area contributed by atoms with Crippen LogP contribution in [0.1, 0.15) is 0 Å². The van der Waals surface area contributed by atoms with Crippen LogP contribution in [0.4, 0.5) is 34.1 Å². The molecule has 6 heterocycles.